The molecule has 0 saturated heterocycles. The van der Waals surface area contributed by atoms with Crippen LogP contribution >= 0.6 is 0 Å². The van der Waals surface area contributed by atoms with Crippen LogP contribution in [0.2, 0.25) is 0 Å². The van der Waals surface area contributed by atoms with Crippen molar-refractivity contribution in [1.82, 2.24) is 0 Å². The van der Waals surface area contributed by atoms with Crippen molar-refractivity contribution in [3.8, 4) is 11.1 Å². The summed E-state index contributed by atoms with van der Waals surface area (Å²) >= 11 is 0. The van der Waals surface area contributed by atoms with Gasteiger partial charge < -0.3 is 0 Å². The van der Waals surface area contributed by atoms with Crippen molar-refractivity contribution >= 4 is 0 Å². The summed E-state index contributed by atoms with van der Waals surface area (Å²) in [5, 5.41) is 0. The van der Waals surface area contributed by atoms with Crippen LogP contribution in [0.25, 0.3) is 11.1 Å². The van der Waals surface area contributed by atoms with Crippen LogP contribution < -0.4 is 0 Å². The molecule has 2 aromatic carbocycles. The molecular weight excluding hydrogens is 276 g/mol. The van der Waals surface area contributed by atoms with Gasteiger partial charge in [0.2, 0.25) is 0 Å². The molecule has 0 heterocycles. The van der Waals surface area contributed by atoms with E-state index in [-0.39, 0.29) is 0 Å². The molecule has 23 heavy (non-hydrogen) atoms. The molecule has 0 spiro atoms. The quantitative estimate of drug-likeness (QED) is 0.562. The van der Waals surface area contributed by atoms with Gasteiger partial charge in [-0.1, -0.05) is 82.0 Å². The fourth-order valence-electron chi connectivity index (χ4n) is 4.15. The molecule has 1 aliphatic carbocycles. The first-order chi connectivity index (χ1) is 11.3. The first-order valence-electron chi connectivity index (χ1n) is 9.54. The Morgan fingerprint density at radius 3 is 2.26 bits per heavy atom. The van der Waals surface area contributed by atoms with E-state index in [9.17, 15) is 0 Å². The second-order valence-electron chi connectivity index (χ2n) is 7.01. The lowest BCUT2D eigenvalue weighted by atomic mass is 9.78. The molecule has 0 amide bonds. The first-order valence-corrected chi connectivity index (χ1v) is 9.54. The summed E-state index contributed by atoms with van der Waals surface area (Å²) in [4.78, 5) is 0. The zero-order valence-electron chi connectivity index (χ0n) is 14.8. The van der Waals surface area contributed by atoms with E-state index in [1.165, 1.54) is 61.6 Å². The summed E-state index contributed by atoms with van der Waals surface area (Å²) in [6.45, 7) is 4.53. The first kappa shape index (κ1) is 16.3. The van der Waals surface area contributed by atoms with Gasteiger partial charge in [-0.15, -0.1) is 0 Å². The highest BCUT2D eigenvalue weighted by Crippen LogP contribution is 2.40. The van der Waals surface area contributed by atoms with Gasteiger partial charge in [0.15, 0.2) is 0 Å². The van der Waals surface area contributed by atoms with Crippen LogP contribution in [0.5, 0.6) is 0 Å². The second-order valence-corrected chi connectivity index (χ2v) is 7.01. The third-order valence-corrected chi connectivity index (χ3v) is 5.40. The monoisotopic (exact) mass is 306 g/mol. The third-order valence-electron chi connectivity index (χ3n) is 5.40. The van der Waals surface area contributed by atoms with Gasteiger partial charge in [-0.25, -0.2) is 0 Å². The predicted molar refractivity (Wildman–Crippen MR) is 101 cm³/mol. The fourth-order valence-corrected chi connectivity index (χ4v) is 4.15. The van der Waals surface area contributed by atoms with Gasteiger partial charge >= 0.3 is 0 Å². The summed E-state index contributed by atoms with van der Waals surface area (Å²) in [7, 11) is 0. The number of aryl methyl sites for hydroxylation is 2. The Bertz CT molecular complexity index is 615. The topological polar surface area (TPSA) is 0 Å². The average molecular weight is 306 g/mol. The van der Waals surface area contributed by atoms with E-state index in [1.807, 2.05) is 0 Å². The summed E-state index contributed by atoms with van der Waals surface area (Å²) in [6.07, 6.45) is 10.5. The molecule has 0 aromatic heterocycles. The molecule has 0 bridgehead atoms. The number of rotatable bonds is 5. The van der Waals surface area contributed by atoms with Crippen LogP contribution in [0.1, 0.15) is 75.0 Å². The van der Waals surface area contributed by atoms with E-state index < -0.39 is 0 Å². The zero-order chi connectivity index (χ0) is 16.1. The average Bonchev–Trinajstić information content (AvgIpc) is 2.63. The molecule has 0 heteroatoms. The molecule has 122 valence electrons. The zero-order valence-corrected chi connectivity index (χ0v) is 14.8. The summed E-state index contributed by atoms with van der Waals surface area (Å²) < 4.78 is 0. The van der Waals surface area contributed by atoms with E-state index >= 15 is 0 Å². The summed E-state index contributed by atoms with van der Waals surface area (Å²) in [5.74, 6) is 0.771. The van der Waals surface area contributed by atoms with Gasteiger partial charge in [-0.2, -0.15) is 0 Å². The minimum Gasteiger partial charge on any atom is -0.0651 e. The van der Waals surface area contributed by atoms with Gasteiger partial charge in [0.25, 0.3) is 0 Å². The third kappa shape index (κ3) is 3.68. The maximum absolute atomic E-state index is 2.37. The number of hydrogen-bond donors (Lipinski definition) is 0. The van der Waals surface area contributed by atoms with E-state index in [0.717, 1.165) is 12.3 Å². The van der Waals surface area contributed by atoms with Gasteiger partial charge in [0.1, 0.15) is 0 Å². The highest BCUT2D eigenvalue weighted by Gasteiger charge is 2.21. The standard InChI is InChI=1S/C23H30/c1-3-9-20-12-8-13-22(19-16-14-18(4-2)15-17-19)23(20)21-10-6-5-7-11-21/h8,12-17,21H,3-7,9-11H2,1-2H3. The smallest absolute Gasteiger partial charge is 0.0146 e. The Morgan fingerprint density at radius 2 is 1.61 bits per heavy atom. The molecule has 0 aliphatic heterocycles. The maximum atomic E-state index is 2.37. The Balaban J connectivity index is 2.04. The van der Waals surface area contributed by atoms with Crippen molar-refractivity contribution in [3.05, 3.63) is 59.2 Å². The molecule has 1 fully saturated rings. The van der Waals surface area contributed by atoms with E-state index in [1.54, 1.807) is 11.1 Å². The van der Waals surface area contributed by atoms with E-state index in [2.05, 4.69) is 56.3 Å². The Kier molecular flexibility index (Phi) is 5.54. The second kappa shape index (κ2) is 7.81. The Hall–Kier alpha value is -1.56. The van der Waals surface area contributed by atoms with Gasteiger partial charge in [0, 0.05) is 0 Å². The Morgan fingerprint density at radius 1 is 0.870 bits per heavy atom. The van der Waals surface area contributed by atoms with Crippen LogP contribution in [0.3, 0.4) is 0 Å². The number of benzene rings is 2. The van der Waals surface area contributed by atoms with Crippen molar-refractivity contribution in [2.24, 2.45) is 0 Å². The maximum Gasteiger partial charge on any atom is -0.0146 e. The minimum absolute atomic E-state index is 0.771. The highest BCUT2D eigenvalue weighted by molar-refractivity contribution is 5.70. The van der Waals surface area contributed by atoms with Gasteiger partial charge in [-0.3, -0.25) is 0 Å². The fraction of sp³-hybridized carbons (Fsp3) is 0.478. The molecule has 0 nitrogen and oxygen atoms in total. The molecule has 0 atom stereocenters. The van der Waals surface area contributed by atoms with Gasteiger partial charge in [-0.05, 0) is 59.4 Å². The lowest BCUT2D eigenvalue weighted by Crippen LogP contribution is -2.09. The predicted octanol–water partition coefficient (Wildman–Crippen LogP) is 6.92. The lowest BCUT2D eigenvalue weighted by molar-refractivity contribution is 0.442. The molecule has 3 rings (SSSR count). The molecule has 1 aliphatic rings. The molecular formula is C23H30. The molecule has 0 unspecified atom stereocenters. The highest BCUT2D eigenvalue weighted by atomic mass is 14.3. The van der Waals surface area contributed by atoms with Crippen molar-refractivity contribution in [1.29, 1.82) is 0 Å². The summed E-state index contributed by atoms with van der Waals surface area (Å²) in [5.41, 5.74) is 7.58. The van der Waals surface area contributed by atoms with Crippen LogP contribution in [0, 0.1) is 0 Å². The van der Waals surface area contributed by atoms with Crippen LogP contribution in [0.15, 0.2) is 42.5 Å². The molecule has 1 saturated carbocycles. The van der Waals surface area contributed by atoms with Crippen LogP contribution in [-0.2, 0) is 12.8 Å². The normalized spacial score (nSPS) is 15.7. The molecule has 0 N–H and O–H groups in total. The number of hydrogen-bond acceptors (Lipinski definition) is 0. The van der Waals surface area contributed by atoms with Crippen molar-refractivity contribution in [2.45, 2.75) is 71.1 Å². The lowest BCUT2D eigenvalue weighted by Gasteiger charge is -2.27. The summed E-state index contributed by atoms with van der Waals surface area (Å²) in [6, 6.07) is 16.2. The minimum atomic E-state index is 0.771. The van der Waals surface area contributed by atoms with E-state index in [4.69, 9.17) is 0 Å². The van der Waals surface area contributed by atoms with Crippen molar-refractivity contribution in [2.75, 3.05) is 0 Å². The van der Waals surface area contributed by atoms with Crippen molar-refractivity contribution in [3.63, 3.8) is 0 Å². The Labute approximate surface area is 141 Å². The van der Waals surface area contributed by atoms with Gasteiger partial charge in [0.05, 0.1) is 0 Å². The van der Waals surface area contributed by atoms with Crippen LogP contribution in [0.4, 0.5) is 0 Å². The van der Waals surface area contributed by atoms with Crippen LogP contribution in [-0.4, -0.2) is 0 Å². The van der Waals surface area contributed by atoms with E-state index in [0.29, 0.717) is 0 Å². The SMILES string of the molecule is CCCc1cccc(-c2ccc(CC)cc2)c1C1CCCCC1. The molecule has 0 radical (unpaired) electrons. The molecule has 2 aromatic rings. The van der Waals surface area contributed by atoms with Crippen molar-refractivity contribution < 1.29 is 0 Å². The largest absolute Gasteiger partial charge is 0.0651 e.